The summed E-state index contributed by atoms with van der Waals surface area (Å²) < 4.78 is 11.3. The Morgan fingerprint density at radius 2 is 0.827 bits per heavy atom. The fourth-order valence-electron chi connectivity index (χ4n) is 8.84. The van der Waals surface area contributed by atoms with E-state index in [1.54, 1.807) is 0 Å². The minimum absolute atomic E-state index is 0.163. The van der Waals surface area contributed by atoms with Crippen molar-refractivity contribution in [1.82, 2.24) is 5.32 Å². The number of carbonyl (C=O) groups is 1. The summed E-state index contributed by atoms with van der Waals surface area (Å²) in [7, 11) is 0. The summed E-state index contributed by atoms with van der Waals surface area (Å²) >= 11 is 0. The van der Waals surface area contributed by atoms with Gasteiger partial charge < -0.3 is 40.3 Å². The van der Waals surface area contributed by atoms with Crippen molar-refractivity contribution in [2.24, 2.45) is 0 Å². The third-order valence-corrected chi connectivity index (χ3v) is 13.6. The van der Waals surface area contributed by atoms with Gasteiger partial charge in [0.25, 0.3) is 0 Å². The molecule has 0 aromatic rings. The van der Waals surface area contributed by atoms with Crippen LogP contribution in [0, 0.1) is 0 Å². The van der Waals surface area contributed by atoms with Gasteiger partial charge in [-0.15, -0.1) is 0 Å². The summed E-state index contributed by atoms with van der Waals surface area (Å²) in [4.78, 5) is 13.1. The Morgan fingerprint density at radius 3 is 1.20 bits per heavy atom. The van der Waals surface area contributed by atoms with E-state index in [0.29, 0.717) is 19.3 Å². The molecule has 0 spiro atoms. The SMILES string of the molecule is CC/C=C\C/C=C\C/C=C\C/C=C\C/C=C\C/C=C\C/C=C\C/C=C\C/C=C\C/C=C\CCCCC(=O)NC(COC1OC(CO)C(O)C(O)C1O)C(O)CCCCCCCCCCCCCCCCCCCCC. The lowest BCUT2D eigenvalue weighted by Gasteiger charge is -2.40. The molecule has 1 saturated heterocycles. The fraction of sp³-hybridized carbons (Fsp3) is 0.682. The van der Waals surface area contributed by atoms with Gasteiger partial charge in [-0.2, -0.15) is 0 Å². The number of ether oxygens (including phenoxy) is 2. The number of aliphatic hydroxyl groups is 5. The second kappa shape index (κ2) is 54.0. The van der Waals surface area contributed by atoms with Crippen LogP contribution in [0.25, 0.3) is 0 Å². The standard InChI is InChI=1S/C66H111NO8/c1-3-5-7-9-11-13-15-17-19-21-23-24-25-26-27-28-29-30-31-32-33-34-35-36-38-40-42-44-46-48-50-52-54-56-62(70)67-59(58-74-66-65(73)64(72)63(71)61(57-68)75-66)60(69)55-53-51-49-47-45-43-41-39-37-22-20-18-16-14-12-10-8-6-4-2/h5,7,11,13,17,19,23-24,26-27,29-30,32-33,35-36,40,42,46,48,59-61,63-66,68-69,71-73H,3-4,6,8-10,12,14-16,18,20-22,25,28,31,34,37-39,41,43-45,47,49-58H2,1-2H3,(H,67,70)/b7-5-,13-11-,19-17-,24-23-,27-26-,30-29-,33-32-,36-35-,42-40-,48-46-. The first-order chi connectivity index (χ1) is 36.8. The molecule has 7 atom stereocenters. The van der Waals surface area contributed by atoms with E-state index < -0.39 is 49.5 Å². The Balaban J connectivity index is 2.25. The molecule has 0 radical (unpaired) electrons. The van der Waals surface area contributed by atoms with Gasteiger partial charge in [0.1, 0.15) is 24.4 Å². The van der Waals surface area contributed by atoms with Crippen LogP contribution in [0.4, 0.5) is 0 Å². The van der Waals surface area contributed by atoms with Crippen LogP contribution in [-0.2, 0) is 14.3 Å². The van der Waals surface area contributed by atoms with Gasteiger partial charge in [-0.05, 0) is 89.9 Å². The Hall–Kier alpha value is -3.41. The van der Waals surface area contributed by atoms with Crippen molar-refractivity contribution in [1.29, 1.82) is 0 Å². The van der Waals surface area contributed by atoms with Crippen LogP contribution in [0.2, 0.25) is 0 Å². The first-order valence-electron chi connectivity index (χ1n) is 30.2. The van der Waals surface area contributed by atoms with Crippen molar-refractivity contribution in [3.8, 4) is 0 Å². The van der Waals surface area contributed by atoms with E-state index in [1.165, 1.54) is 103 Å². The summed E-state index contributed by atoms with van der Waals surface area (Å²) in [6, 6.07) is -0.752. The molecular formula is C66H111NO8. The van der Waals surface area contributed by atoms with Gasteiger partial charge in [-0.3, -0.25) is 4.79 Å². The molecule has 75 heavy (non-hydrogen) atoms. The van der Waals surface area contributed by atoms with E-state index in [4.69, 9.17) is 9.47 Å². The first-order valence-corrected chi connectivity index (χ1v) is 30.2. The minimum Gasteiger partial charge on any atom is -0.394 e. The fourth-order valence-corrected chi connectivity index (χ4v) is 8.84. The Labute approximate surface area is 458 Å². The normalized spacial score (nSPS) is 19.8. The highest BCUT2D eigenvalue weighted by molar-refractivity contribution is 5.76. The first kappa shape index (κ1) is 69.6. The largest absolute Gasteiger partial charge is 0.394 e. The maximum Gasteiger partial charge on any atom is 0.220 e. The van der Waals surface area contributed by atoms with Gasteiger partial charge in [0, 0.05) is 6.42 Å². The van der Waals surface area contributed by atoms with Crippen molar-refractivity contribution in [2.75, 3.05) is 13.2 Å². The number of nitrogens with one attached hydrogen (secondary N) is 1. The zero-order valence-corrected chi connectivity index (χ0v) is 47.5. The zero-order chi connectivity index (χ0) is 54.3. The lowest BCUT2D eigenvalue weighted by Crippen LogP contribution is -2.60. The maximum absolute atomic E-state index is 13.1. The quantitative estimate of drug-likeness (QED) is 0.0261. The predicted octanol–water partition coefficient (Wildman–Crippen LogP) is 15.5. The van der Waals surface area contributed by atoms with Crippen molar-refractivity contribution in [3.63, 3.8) is 0 Å². The van der Waals surface area contributed by atoms with Crippen molar-refractivity contribution in [3.05, 3.63) is 122 Å². The molecule has 1 fully saturated rings. The summed E-state index contributed by atoms with van der Waals surface area (Å²) in [5.41, 5.74) is 0. The molecule has 7 unspecified atom stereocenters. The average molecular weight is 1050 g/mol. The second-order valence-corrected chi connectivity index (χ2v) is 20.4. The van der Waals surface area contributed by atoms with Crippen LogP contribution in [0.3, 0.4) is 0 Å². The van der Waals surface area contributed by atoms with Gasteiger partial charge in [0.05, 0.1) is 25.4 Å². The Kier molecular flexibility index (Phi) is 50.1. The molecule has 0 aliphatic carbocycles. The van der Waals surface area contributed by atoms with Crippen molar-refractivity contribution >= 4 is 5.91 Å². The van der Waals surface area contributed by atoms with Crippen LogP contribution in [0.5, 0.6) is 0 Å². The highest BCUT2D eigenvalue weighted by Crippen LogP contribution is 2.23. The highest BCUT2D eigenvalue weighted by atomic mass is 16.7. The molecule has 0 saturated carbocycles. The molecule has 6 N–H and O–H groups in total. The van der Waals surface area contributed by atoms with Crippen LogP contribution >= 0.6 is 0 Å². The monoisotopic (exact) mass is 1050 g/mol. The highest BCUT2D eigenvalue weighted by Gasteiger charge is 2.44. The number of allylic oxidation sites excluding steroid dienone is 20. The molecule has 0 aromatic heterocycles. The third-order valence-electron chi connectivity index (χ3n) is 13.6. The van der Waals surface area contributed by atoms with Crippen LogP contribution in [0.1, 0.15) is 232 Å². The van der Waals surface area contributed by atoms with Gasteiger partial charge in [-0.25, -0.2) is 0 Å². The van der Waals surface area contributed by atoms with Gasteiger partial charge >= 0.3 is 0 Å². The van der Waals surface area contributed by atoms with Crippen LogP contribution < -0.4 is 5.32 Å². The smallest absolute Gasteiger partial charge is 0.220 e. The van der Waals surface area contributed by atoms with Crippen LogP contribution in [0.15, 0.2) is 122 Å². The Morgan fingerprint density at radius 1 is 0.467 bits per heavy atom. The van der Waals surface area contributed by atoms with Crippen LogP contribution in [-0.4, -0.2) is 87.5 Å². The van der Waals surface area contributed by atoms with Crippen molar-refractivity contribution in [2.45, 2.75) is 275 Å². The number of hydrogen-bond donors (Lipinski definition) is 6. The van der Waals surface area contributed by atoms with Crippen molar-refractivity contribution < 1.29 is 39.8 Å². The summed E-state index contributed by atoms with van der Waals surface area (Å²) in [6.45, 7) is 3.70. The van der Waals surface area contributed by atoms with E-state index in [0.717, 1.165) is 96.3 Å². The average Bonchev–Trinajstić information content (AvgIpc) is 3.41. The number of aliphatic hydroxyl groups excluding tert-OH is 5. The van der Waals surface area contributed by atoms with Gasteiger partial charge in [0.2, 0.25) is 5.91 Å². The lowest BCUT2D eigenvalue weighted by atomic mass is 9.99. The molecule has 428 valence electrons. The van der Waals surface area contributed by atoms with E-state index in [-0.39, 0.29) is 12.5 Å². The minimum atomic E-state index is -1.57. The summed E-state index contributed by atoms with van der Waals surface area (Å²) in [5, 5.41) is 54.7. The van der Waals surface area contributed by atoms with E-state index in [9.17, 15) is 30.3 Å². The molecular weight excluding hydrogens is 935 g/mol. The zero-order valence-electron chi connectivity index (χ0n) is 47.5. The van der Waals surface area contributed by atoms with E-state index in [2.05, 4.69) is 141 Å². The predicted molar refractivity (Wildman–Crippen MR) is 317 cm³/mol. The maximum atomic E-state index is 13.1. The van der Waals surface area contributed by atoms with Gasteiger partial charge in [-0.1, -0.05) is 257 Å². The number of rotatable bonds is 50. The molecule has 0 aromatic carbocycles. The number of hydrogen-bond acceptors (Lipinski definition) is 8. The van der Waals surface area contributed by atoms with Gasteiger partial charge in [0.15, 0.2) is 6.29 Å². The molecule has 9 nitrogen and oxygen atoms in total. The molecule has 1 amide bonds. The lowest BCUT2D eigenvalue weighted by molar-refractivity contribution is -0.302. The number of amides is 1. The van der Waals surface area contributed by atoms with E-state index >= 15 is 0 Å². The topological polar surface area (TPSA) is 149 Å². The molecule has 1 aliphatic rings. The molecule has 0 bridgehead atoms. The second-order valence-electron chi connectivity index (χ2n) is 20.4. The molecule has 1 rings (SSSR count). The number of carbonyl (C=O) groups excluding carboxylic acids is 1. The molecule has 9 heteroatoms. The number of unbranched alkanes of at least 4 members (excludes halogenated alkanes) is 20. The molecule has 1 aliphatic heterocycles. The Bertz CT molecular complexity index is 1590. The third kappa shape index (κ3) is 43.3. The summed E-state index contributed by atoms with van der Waals surface area (Å²) in [5.74, 6) is -0.190. The summed E-state index contributed by atoms with van der Waals surface area (Å²) in [6.07, 6.45) is 73.7. The van der Waals surface area contributed by atoms with E-state index in [1.807, 2.05) is 0 Å². The molecule has 1 heterocycles.